The first-order valence-corrected chi connectivity index (χ1v) is 30.7. The summed E-state index contributed by atoms with van der Waals surface area (Å²) in [5.41, 5.74) is 24.6. The minimum Gasteiger partial charge on any atom is -0.0654 e. The molecule has 0 nitrogen and oxygen atoms in total. The van der Waals surface area contributed by atoms with E-state index < -0.39 is 0 Å². The van der Waals surface area contributed by atoms with Crippen LogP contribution >= 0.6 is 0 Å². The van der Waals surface area contributed by atoms with Crippen molar-refractivity contribution >= 4 is 23.3 Å². The van der Waals surface area contributed by atoms with Gasteiger partial charge in [0.1, 0.15) is 0 Å². The van der Waals surface area contributed by atoms with Gasteiger partial charge in [0.2, 0.25) is 0 Å². The van der Waals surface area contributed by atoms with Crippen LogP contribution in [0.25, 0.3) is 56.7 Å². The second kappa shape index (κ2) is 26.3. The highest BCUT2D eigenvalue weighted by atomic mass is 14.5. The fourth-order valence-corrected chi connectivity index (χ4v) is 13.8. The molecule has 0 heterocycles. The monoisotopic (exact) mass is 1020 g/mol. The lowest BCUT2D eigenvalue weighted by Crippen LogP contribution is -2.25. The van der Waals surface area contributed by atoms with Crippen molar-refractivity contribution in [3.8, 4) is 33.4 Å². The molecule has 0 radical (unpaired) electrons. The third-order valence-corrected chi connectivity index (χ3v) is 17.9. The Bertz CT molecular complexity index is 3010. The summed E-state index contributed by atoms with van der Waals surface area (Å²) in [5.74, 6) is 0. The Balaban J connectivity index is 0.960. The zero-order valence-electron chi connectivity index (χ0n) is 47.8. The summed E-state index contributed by atoms with van der Waals surface area (Å²) in [6.07, 6.45) is 30.3. The van der Waals surface area contributed by atoms with E-state index in [1.165, 1.54) is 206 Å². The van der Waals surface area contributed by atoms with Gasteiger partial charge in [0.05, 0.1) is 0 Å². The molecule has 0 saturated heterocycles. The molecule has 0 saturated carbocycles. The van der Waals surface area contributed by atoms with Crippen LogP contribution in [0.3, 0.4) is 0 Å². The largest absolute Gasteiger partial charge is 0.0654 e. The van der Waals surface area contributed by atoms with E-state index in [1.807, 2.05) is 0 Å². The molecule has 2 aliphatic carbocycles. The molecule has 8 aromatic carbocycles. The molecule has 0 amide bonds. The molecule has 0 aromatic heterocycles. The minimum absolute atomic E-state index is 0.0453. The molecule has 0 spiro atoms. The van der Waals surface area contributed by atoms with Gasteiger partial charge < -0.3 is 0 Å². The lowest BCUT2D eigenvalue weighted by Gasteiger charge is -2.33. The maximum absolute atomic E-state index is 2.60. The predicted molar refractivity (Wildman–Crippen MR) is 339 cm³/mol. The average molecular weight is 1020 g/mol. The summed E-state index contributed by atoms with van der Waals surface area (Å²) in [7, 11) is 0. The highest BCUT2D eigenvalue weighted by molar-refractivity contribution is 5.95. The minimum atomic E-state index is 0.0453. The van der Waals surface area contributed by atoms with Gasteiger partial charge in [0.25, 0.3) is 0 Å². The maximum Gasteiger partial charge on any atom is 0.0215 e. The van der Waals surface area contributed by atoms with E-state index in [4.69, 9.17) is 0 Å². The smallest absolute Gasteiger partial charge is 0.0215 e. The SMILES string of the molecule is CCCCCCC1(CCCCCC)c2ccccc2-c2ccc(/C(=C\c3ccc(-c4ccc(/C=C(/c5ccccc5)c5ccc6c(c5)C(CCCCCC)(CCCCCC)c5ccccc5-6)cc4)cc3)c3ccccc3)cc21. The Morgan fingerprint density at radius 3 is 0.949 bits per heavy atom. The van der Waals surface area contributed by atoms with E-state index in [2.05, 4.69) is 234 Å². The van der Waals surface area contributed by atoms with Gasteiger partial charge in [-0.3, -0.25) is 0 Å². The van der Waals surface area contributed by atoms with E-state index in [0.717, 1.165) is 0 Å². The summed E-state index contributed by atoms with van der Waals surface area (Å²) in [4.78, 5) is 0. The molecule has 398 valence electrons. The highest BCUT2D eigenvalue weighted by Crippen LogP contribution is 2.56. The first kappa shape index (κ1) is 54.6. The molecule has 0 aliphatic heterocycles. The summed E-state index contributed by atoms with van der Waals surface area (Å²) < 4.78 is 0. The molecule has 10 rings (SSSR count). The number of hydrogen-bond acceptors (Lipinski definition) is 0. The van der Waals surface area contributed by atoms with Gasteiger partial charge in [-0.15, -0.1) is 0 Å². The van der Waals surface area contributed by atoms with Crippen molar-refractivity contribution in [2.24, 2.45) is 0 Å². The first-order chi connectivity index (χ1) is 38.5. The number of fused-ring (bicyclic) bond motifs is 6. The molecule has 0 N–H and O–H groups in total. The number of rotatable bonds is 27. The Labute approximate surface area is 470 Å². The van der Waals surface area contributed by atoms with E-state index in [9.17, 15) is 0 Å². The van der Waals surface area contributed by atoms with Crippen LogP contribution in [0.4, 0.5) is 0 Å². The van der Waals surface area contributed by atoms with Gasteiger partial charge in [0.15, 0.2) is 0 Å². The summed E-state index contributed by atoms with van der Waals surface area (Å²) in [5, 5.41) is 0. The second-order valence-corrected chi connectivity index (χ2v) is 23.1. The van der Waals surface area contributed by atoms with Gasteiger partial charge in [0, 0.05) is 10.8 Å². The van der Waals surface area contributed by atoms with Crippen molar-refractivity contribution < 1.29 is 0 Å². The molecule has 8 aromatic rings. The number of benzene rings is 8. The fourth-order valence-electron chi connectivity index (χ4n) is 13.8. The van der Waals surface area contributed by atoms with Crippen LogP contribution < -0.4 is 0 Å². The molecule has 0 unspecified atom stereocenters. The Hall–Kier alpha value is -6.76. The van der Waals surface area contributed by atoms with E-state index in [0.29, 0.717) is 0 Å². The molecule has 0 heteroatoms. The van der Waals surface area contributed by atoms with Crippen molar-refractivity contribution in [2.45, 2.75) is 167 Å². The first-order valence-electron chi connectivity index (χ1n) is 30.7. The molecule has 0 fully saturated rings. The Morgan fingerprint density at radius 1 is 0.282 bits per heavy atom. The zero-order chi connectivity index (χ0) is 53.6. The molecule has 78 heavy (non-hydrogen) atoms. The molecule has 2 aliphatic rings. The van der Waals surface area contributed by atoms with Crippen LogP contribution in [0, 0.1) is 0 Å². The standard InChI is InChI=1S/C78H86/c1-5-9-13-27-51-77(52-28-14-10-6-2)73-37-25-23-35-67(73)69-49-47-65(57-75(69)77)71(63-31-19-17-20-32-63)55-59-39-43-61(44-40-59)62-45-41-60(42-46-62)56-72(64-33-21-18-22-34-64)66-48-50-70-68-36-24-26-38-74(68)78(76(70)58-66,53-29-15-11-7-3)54-30-16-12-8-4/h17-26,31-50,55-58H,5-16,27-30,51-54H2,1-4H3/b71-55-,72-56-. The summed E-state index contributed by atoms with van der Waals surface area (Å²) in [6.45, 7) is 9.32. The van der Waals surface area contributed by atoms with Gasteiger partial charge in [-0.05, 0) is 150 Å². The maximum atomic E-state index is 2.60. The predicted octanol–water partition coefficient (Wildman–Crippen LogP) is 22.9. The zero-order valence-corrected chi connectivity index (χ0v) is 47.8. The topological polar surface area (TPSA) is 0 Å². The van der Waals surface area contributed by atoms with E-state index >= 15 is 0 Å². The lowest BCUT2D eigenvalue weighted by atomic mass is 9.70. The normalized spacial score (nSPS) is 14.0. The van der Waals surface area contributed by atoms with Crippen LogP contribution in [0.1, 0.15) is 212 Å². The van der Waals surface area contributed by atoms with Gasteiger partial charge in [-0.1, -0.05) is 312 Å². The van der Waals surface area contributed by atoms with Crippen LogP contribution in [-0.2, 0) is 10.8 Å². The summed E-state index contributed by atoms with van der Waals surface area (Å²) >= 11 is 0. The molecule has 0 atom stereocenters. The van der Waals surface area contributed by atoms with Crippen LogP contribution in [0.2, 0.25) is 0 Å². The van der Waals surface area contributed by atoms with Crippen molar-refractivity contribution in [2.75, 3.05) is 0 Å². The fraction of sp³-hybridized carbons (Fsp3) is 0.333. The third-order valence-electron chi connectivity index (χ3n) is 17.9. The van der Waals surface area contributed by atoms with Gasteiger partial charge in [-0.25, -0.2) is 0 Å². The van der Waals surface area contributed by atoms with Crippen molar-refractivity contribution in [3.05, 3.63) is 250 Å². The van der Waals surface area contributed by atoms with Crippen molar-refractivity contribution in [1.29, 1.82) is 0 Å². The molecular formula is C78H86. The highest BCUT2D eigenvalue weighted by Gasteiger charge is 2.44. The van der Waals surface area contributed by atoms with Crippen molar-refractivity contribution in [3.63, 3.8) is 0 Å². The second-order valence-electron chi connectivity index (χ2n) is 23.1. The van der Waals surface area contributed by atoms with E-state index in [1.54, 1.807) is 22.3 Å². The van der Waals surface area contributed by atoms with Crippen LogP contribution in [-0.4, -0.2) is 0 Å². The lowest BCUT2D eigenvalue weighted by molar-refractivity contribution is 0.401. The van der Waals surface area contributed by atoms with E-state index in [-0.39, 0.29) is 10.8 Å². The van der Waals surface area contributed by atoms with Crippen LogP contribution in [0.5, 0.6) is 0 Å². The molecular weight excluding hydrogens is 937 g/mol. The quantitative estimate of drug-likeness (QED) is 0.0356. The van der Waals surface area contributed by atoms with Gasteiger partial charge in [-0.2, -0.15) is 0 Å². The summed E-state index contributed by atoms with van der Waals surface area (Å²) in [6, 6.07) is 74.3. The average Bonchev–Trinajstić information content (AvgIpc) is 4.15. The molecule has 0 bridgehead atoms. The number of hydrogen-bond donors (Lipinski definition) is 0. The van der Waals surface area contributed by atoms with Crippen molar-refractivity contribution in [1.82, 2.24) is 0 Å². The third kappa shape index (κ3) is 11.8. The van der Waals surface area contributed by atoms with Gasteiger partial charge >= 0.3 is 0 Å². The Kier molecular flexibility index (Phi) is 18.4. The number of unbranched alkanes of at least 4 members (excludes halogenated alkanes) is 12. The Morgan fingerprint density at radius 2 is 0.603 bits per heavy atom. The van der Waals surface area contributed by atoms with Crippen LogP contribution in [0.15, 0.2) is 194 Å².